The van der Waals surface area contributed by atoms with Crippen molar-refractivity contribution in [3.63, 3.8) is 0 Å². The number of benzene rings is 1. The van der Waals surface area contributed by atoms with Gasteiger partial charge in [0, 0.05) is 0 Å². The van der Waals surface area contributed by atoms with E-state index in [1.54, 1.807) is 27.0 Å². The Hall–Kier alpha value is -0.930. The van der Waals surface area contributed by atoms with Crippen LogP contribution < -0.4 is 9.47 Å². The molecule has 0 aliphatic heterocycles. The van der Waals surface area contributed by atoms with Gasteiger partial charge in [0.15, 0.2) is 11.5 Å². The quantitative estimate of drug-likeness (QED) is 0.911. The van der Waals surface area contributed by atoms with Gasteiger partial charge in [0.05, 0.1) is 23.8 Å². The molecule has 1 aliphatic rings. The van der Waals surface area contributed by atoms with Gasteiger partial charge < -0.3 is 14.6 Å². The first-order chi connectivity index (χ1) is 8.91. The summed E-state index contributed by atoms with van der Waals surface area (Å²) in [5.41, 5.74) is -0.227. The molecule has 3 nitrogen and oxygen atoms in total. The summed E-state index contributed by atoms with van der Waals surface area (Å²) in [4.78, 5) is 0. The average Bonchev–Trinajstić information content (AvgIpc) is 2.80. The zero-order valence-corrected chi connectivity index (χ0v) is 12.5. The Bertz CT molecular complexity index is 445. The van der Waals surface area contributed by atoms with Crippen molar-refractivity contribution >= 4 is 11.6 Å². The highest BCUT2D eigenvalue weighted by Gasteiger charge is 2.24. The Morgan fingerprint density at radius 1 is 1.26 bits per heavy atom. The Balaban J connectivity index is 2.35. The molecule has 0 radical (unpaired) electrons. The van der Waals surface area contributed by atoms with Crippen LogP contribution in [-0.4, -0.2) is 18.3 Å². The first-order valence-corrected chi connectivity index (χ1v) is 7.06. The lowest BCUT2D eigenvalue weighted by atomic mass is 9.98. The summed E-state index contributed by atoms with van der Waals surface area (Å²) in [5.74, 6) is 1.17. The molecule has 0 unspecified atom stereocenters. The van der Waals surface area contributed by atoms with E-state index in [2.05, 4.69) is 0 Å². The van der Waals surface area contributed by atoms with Crippen LogP contribution in [0.2, 0.25) is 5.02 Å². The second-order valence-electron chi connectivity index (χ2n) is 5.57. The zero-order valence-electron chi connectivity index (χ0n) is 11.7. The molecule has 0 atom stereocenters. The molecule has 1 N–H and O–H groups in total. The van der Waals surface area contributed by atoms with Crippen molar-refractivity contribution in [1.82, 2.24) is 0 Å². The largest absolute Gasteiger partial charge is 0.491 e. The van der Waals surface area contributed by atoms with Crippen molar-refractivity contribution in [1.29, 1.82) is 0 Å². The van der Waals surface area contributed by atoms with Crippen LogP contribution in [0.4, 0.5) is 0 Å². The van der Waals surface area contributed by atoms with E-state index in [0.717, 1.165) is 18.4 Å². The van der Waals surface area contributed by atoms with E-state index in [4.69, 9.17) is 21.1 Å². The standard InChI is InChI=1S/C15H21ClO3/c1-15(2,17)10-8-12(16)14(18-3)13(9-10)19-11-6-4-5-7-11/h8-9,11,17H,4-7H2,1-3H3. The van der Waals surface area contributed by atoms with Gasteiger partial charge >= 0.3 is 0 Å². The molecular weight excluding hydrogens is 264 g/mol. The van der Waals surface area contributed by atoms with Crippen LogP contribution >= 0.6 is 11.6 Å². The van der Waals surface area contributed by atoms with Crippen LogP contribution in [-0.2, 0) is 5.60 Å². The summed E-state index contributed by atoms with van der Waals surface area (Å²) in [6.07, 6.45) is 4.75. The third-order valence-corrected chi connectivity index (χ3v) is 3.80. The van der Waals surface area contributed by atoms with Crippen molar-refractivity contribution < 1.29 is 14.6 Å². The van der Waals surface area contributed by atoms with Gasteiger partial charge in [-0.05, 0) is 57.2 Å². The highest BCUT2D eigenvalue weighted by Crippen LogP contribution is 2.40. The second-order valence-corrected chi connectivity index (χ2v) is 5.98. The average molecular weight is 285 g/mol. The maximum Gasteiger partial charge on any atom is 0.179 e. The van der Waals surface area contributed by atoms with Gasteiger partial charge in [0.1, 0.15) is 0 Å². The molecule has 0 spiro atoms. The Morgan fingerprint density at radius 2 is 1.89 bits per heavy atom. The van der Waals surface area contributed by atoms with E-state index in [9.17, 15) is 5.11 Å². The molecule has 4 heteroatoms. The molecule has 19 heavy (non-hydrogen) atoms. The molecular formula is C15H21ClO3. The molecule has 1 fully saturated rings. The van der Waals surface area contributed by atoms with Crippen molar-refractivity contribution in [2.75, 3.05) is 7.11 Å². The highest BCUT2D eigenvalue weighted by atomic mass is 35.5. The van der Waals surface area contributed by atoms with E-state index < -0.39 is 5.60 Å². The summed E-state index contributed by atoms with van der Waals surface area (Å²) >= 11 is 6.21. The summed E-state index contributed by atoms with van der Waals surface area (Å²) in [6, 6.07) is 3.55. The van der Waals surface area contributed by atoms with Crippen molar-refractivity contribution in [3.8, 4) is 11.5 Å². The minimum absolute atomic E-state index is 0.224. The first-order valence-electron chi connectivity index (χ1n) is 6.69. The smallest absolute Gasteiger partial charge is 0.179 e. The molecule has 1 saturated carbocycles. The molecule has 1 aromatic carbocycles. The number of ether oxygens (including phenoxy) is 2. The normalized spacial score (nSPS) is 16.7. The SMILES string of the molecule is COc1c(Cl)cc(C(C)(C)O)cc1OC1CCCC1. The molecule has 0 aromatic heterocycles. The maximum absolute atomic E-state index is 10.1. The fourth-order valence-corrected chi connectivity index (χ4v) is 2.68. The lowest BCUT2D eigenvalue weighted by Gasteiger charge is -2.22. The first kappa shape index (κ1) is 14.5. The summed E-state index contributed by atoms with van der Waals surface area (Å²) in [6.45, 7) is 3.45. The fraction of sp³-hybridized carbons (Fsp3) is 0.600. The third-order valence-electron chi connectivity index (χ3n) is 3.52. The van der Waals surface area contributed by atoms with Gasteiger partial charge in [-0.15, -0.1) is 0 Å². The van der Waals surface area contributed by atoms with Gasteiger partial charge in [-0.2, -0.15) is 0 Å². The molecule has 0 amide bonds. The van der Waals surface area contributed by atoms with Crippen LogP contribution in [0.1, 0.15) is 45.1 Å². The lowest BCUT2D eigenvalue weighted by Crippen LogP contribution is -2.17. The lowest BCUT2D eigenvalue weighted by molar-refractivity contribution is 0.0778. The predicted molar refractivity (Wildman–Crippen MR) is 76.1 cm³/mol. The Labute approximate surface area is 119 Å². The van der Waals surface area contributed by atoms with Crippen molar-refractivity contribution in [2.45, 2.75) is 51.2 Å². The number of halogens is 1. The molecule has 0 saturated heterocycles. The third kappa shape index (κ3) is 3.34. The summed E-state index contributed by atoms with van der Waals surface area (Å²) < 4.78 is 11.3. The highest BCUT2D eigenvalue weighted by molar-refractivity contribution is 6.32. The molecule has 0 heterocycles. The van der Waals surface area contributed by atoms with Crippen LogP contribution in [0.15, 0.2) is 12.1 Å². The van der Waals surface area contributed by atoms with Crippen LogP contribution in [0.3, 0.4) is 0 Å². The number of aliphatic hydroxyl groups is 1. The van der Waals surface area contributed by atoms with Crippen LogP contribution in [0.5, 0.6) is 11.5 Å². The Morgan fingerprint density at radius 3 is 2.42 bits per heavy atom. The number of methoxy groups -OCH3 is 1. The van der Waals surface area contributed by atoms with E-state index in [0.29, 0.717) is 16.5 Å². The van der Waals surface area contributed by atoms with Gasteiger partial charge in [0.2, 0.25) is 0 Å². The van der Waals surface area contributed by atoms with Crippen molar-refractivity contribution in [3.05, 3.63) is 22.7 Å². The molecule has 0 bridgehead atoms. The zero-order chi connectivity index (χ0) is 14.0. The number of hydrogen-bond acceptors (Lipinski definition) is 3. The second kappa shape index (κ2) is 5.59. The van der Waals surface area contributed by atoms with Crippen molar-refractivity contribution in [2.24, 2.45) is 0 Å². The maximum atomic E-state index is 10.1. The predicted octanol–water partition coefficient (Wildman–Crippen LogP) is 3.90. The molecule has 1 aliphatic carbocycles. The minimum Gasteiger partial charge on any atom is -0.491 e. The van der Waals surface area contributed by atoms with Crippen LogP contribution in [0.25, 0.3) is 0 Å². The Kier molecular flexibility index (Phi) is 4.26. The van der Waals surface area contributed by atoms with E-state index >= 15 is 0 Å². The number of hydrogen-bond donors (Lipinski definition) is 1. The molecule has 1 aromatic rings. The monoisotopic (exact) mass is 284 g/mol. The minimum atomic E-state index is -0.955. The summed E-state index contributed by atoms with van der Waals surface area (Å²) in [7, 11) is 1.58. The van der Waals surface area contributed by atoms with Crippen LogP contribution in [0, 0.1) is 0 Å². The molecule has 106 valence electrons. The van der Waals surface area contributed by atoms with Gasteiger partial charge in [-0.1, -0.05) is 11.6 Å². The number of rotatable bonds is 4. The van der Waals surface area contributed by atoms with E-state index in [-0.39, 0.29) is 6.10 Å². The fourth-order valence-electron chi connectivity index (χ4n) is 2.39. The van der Waals surface area contributed by atoms with E-state index in [1.807, 2.05) is 6.07 Å². The van der Waals surface area contributed by atoms with Gasteiger partial charge in [-0.3, -0.25) is 0 Å². The molecule has 2 rings (SSSR count). The van der Waals surface area contributed by atoms with Gasteiger partial charge in [-0.25, -0.2) is 0 Å². The topological polar surface area (TPSA) is 38.7 Å². The summed E-state index contributed by atoms with van der Waals surface area (Å²) in [5, 5.41) is 10.6. The van der Waals surface area contributed by atoms with E-state index in [1.165, 1.54) is 12.8 Å². The van der Waals surface area contributed by atoms with Gasteiger partial charge in [0.25, 0.3) is 0 Å².